The average molecular weight is 250 g/mol. The summed E-state index contributed by atoms with van der Waals surface area (Å²) in [5, 5.41) is 3.95. The molecule has 0 amide bonds. The highest BCUT2D eigenvalue weighted by Gasteiger charge is 1.99. The first-order chi connectivity index (χ1) is 8.15. The third-order valence-corrected chi connectivity index (χ3v) is 2.78. The van der Waals surface area contributed by atoms with Gasteiger partial charge in [0.05, 0.1) is 0 Å². The van der Waals surface area contributed by atoms with Crippen molar-refractivity contribution >= 4 is 17.3 Å². The molecule has 1 nitrogen and oxygen atoms in total. The summed E-state index contributed by atoms with van der Waals surface area (Å²) in [6.07, 6.45) is 0. The van der Waals surface area contributed by atoms with Gasteiger partial charge in [-0.15, -0.1) is 0 Å². The van der Waals surface area contributed by atoms with Gasteiger partial charge in [-0.05, 0) is 48.4 Å². The summed E-state index contributed by atoms with van der Waals surface area (Å²) in [5.41, 5.74) is 2.64. The maximum atomic E-state index is 13.1. The predicted octanol–water partition coefficient (Wildman–Crippen LogP) is 4.40. The van der Waals surface area contributed by atoms with E-state index in [2.05, 4.69) is 5.32 Å². The normalized spacial score (nSPS) is 10.3. The molecule has 0 saturated heterocycles. The van der Waals surface area contributed by atoms with Crippen LogP contribution in [0.3, 0.4) is 0 Å². The number of aryl methyl sites for hydroxylation is 1. The first-order valence-corrected chi connectivity index (χ1v) is 5.77. The molecular formula is C14H13ClFN. The molecule has 88 valence electrons. The Kier molecular flexibility index (Phi) is 3.64. The molecule has 0 saturated carbocycles. The second kappa shape index (κ2) is 5.19. The van der Waals surface area contributed by atoms with Gasteiger partial charge in [-0.3, -0.25) is 0 Å². The lowest BCUT2D eigenvalue weighted by molar-refractivity contribution is 0.618. The second-order valence-corrected chi connectivity index (χ2v) is 4.38. The van der Waals surface area contributed by atoms with Crippen LogP contribution in [0.2, 0.25) is 5.02 Å². The van der Waals surface area contributed by atoms with E-state index in [1.165, 1.54) is 6.07 Å². The third kappa shape index (κ3) is 3.21. The molecule has 0 bridgehead atoms. The molecule has 2 rings (SSSR count). The van der Waals surface area contributed by atoms with Crippen LogP contribution in [0.25, 0.3) is 0 Å². The van der Waals surface area contributed by atoms with Crippen molar-refractivity contribution in [2.75, 3.05) is 5.32 Å². The molecule has 0 aliphatic carbocycles. The van der Waals surface area contributed by atoms with Gasteiger partial charge in [0.1, 0.15) is 5.82 Å². The van der Waals surface area contributed by atoms with Crippen molar-refractivity contribution in [2.45, 2.75) is 13.5 Å². The van der Waals surface area contributed by atoms with E-state index < -0.39 is 0 Å². The standard InChI is InChI=1S/C14H13ClFN/c1-10-7-13(5-6-14(10)16)17-9-11-3-2-4-12(15)8-11/h2-8,17H,9H2,1H3. The smallest absolute Gasteiger partial charge is 0.126 e. The van der Waals surface area contributed by atoms with Crippen molar-refractivity contribution in [3.05, 3.63) is 64.4 Å². The van der Waals surface area contributed by atoms with Crippen molar-refractivity contribution in [2.24, 2.45) is 0 Å². The first-order valence-electron chi connectivity index (χ1n) is 5.39. The maximum Gasteiger partial charge on any atom is 0.126 e. The zero-order valence-electron chi connectivity index (χ0n) is 9.50. The van der Waals surface area contributed by atoms with Crippen molar-refractivity contribution in [1.82, 2.24) is 0 Å². The minimum Gasteiger partial charge on any atom is -0.381 e. The minimum atomic E-state index is -0.182. The van der Waals surface area contributed by atoms with E-state index in [9.17, 15) is 4.39 Å². The molecule has 1 N–H and O–H groups in total. The molecule has 0 heterocycles. The van der Waals surface area contributed by atoms with E-state index >= 15 is 0 Å². The molecule has 0 aliphatic heterocycles. The lowest BCUT2D eigenvalue weighted by atomic mass is 10.2. The summed E-state index contributed by atoms with van der Waals surface area (Å²) in [4.78, 5) is 0. The number of halogens is 2. The molecule has 0 spiro atoms. The number of anilines is 1. The van der Waals surface area contributed by atoms with Gasteiger partial charge >= 0.3 is 0 Å². The van der Waals surface area contributed by atoms with Gasteiger partial charge in [0.25, 0.3) is 0 Å². The molecule has 0 aromatic heterocycles. The second-order valence-electron chi connectivity index (χ2n) is 3.95. The molecule has 0 radical (unpaired) electrons. The molecule has 2 aromatic carbocycles. The fraction of sp³-hybridized carbons (Fsp3) is 0.143. The molecule has 17 heavy (non-hydrogen) atoms. The van der Waals surface area contributed by atoms with Crippen LogP contribution in [0.5, 0.6) is 0 Å². The number of rotatable bonds is 3. The van der Waals surface area contributed by atoms with Crippen LogP contribution in [0, 0.1) is 12.7 Å². The van der Waals surface area contributed by atoms with Crippen molar-refractivity contribution in [1.29, 1.82) is 0 Å². The molecule has 0 aliphatic rings. The Balaban J connectivity index is 2.05. The minimum absolute atomic E-state index is 0.182. The van der Waals surface area contributed by atoms with Gasteiger partial charge in [-0.2, -0.15) is 0 Å². The molecular weight excluding hydrogens is 237 g/mol. The van der Waals surface area contributed by atoms with E-state index in [1.54, 1.807) is 19.1 Å². The third-order valence-electron chi connectivity index (χ3n) is 2.54. The van der Waals surface area contributed by atoms with Gasteiger partial charge in [0.15, 0.2) is 0 Å². The van der Waals surface area contributed by atoms with Crippen molar-refractivity contribution < 1.29 is 4.39 Å². The number of benzene rings is 2. The maximum absolute atomic E-state index is 13.1. The Morgan fingerprint density at radius 3 is 2.71 bits per heavy atom. The highest BCUT2D eigenvalue weighted by molar-refractivity contribution is 6.30. The zero-order valence-corrected chi connectivity index (χ0v) is 10.3. The lowest BCUT2D eigenvalue weighted by Gasteiger charge is -2.08. The molecule has 2 aromatic rings. The van der Waals surface area contributed by atoms with Crippen LogP contribution in [-0.2, 0) is 6.54 Å². The van der Waals surface area contributed by atoms with E-state index in [4.69, 9.17) is 11.6 Å². The fourth-order valence-corrected chi connectivity index (χ4v) is 1.82. The molecule has 0 atom stereocenters. The topological polar surface area (TPSA) is 12.0 Å². The summed E-state index contributed by atoms with van der Waals surface area (Å²) in [5.74, 6) is -0.182. The van der Waals surface area contributed by atoms with Gasteiger partial charge in [-0.1, -0.05) is 23.7 Å². The first kappa shape index (κ1) is 11.9. The predicted molar refractivity (Wildman–Crippen MR) is 69.9 cm³/mol. The highest BCUT2D eigenvalue weighted by Crippen LogP contribution is 2.16. The van der Waals surface area contributed by atoms with Gasteiger partial charge in [0, 0.05) is 17.3 Å². The van der Waals surface area contributed by atoms with Crippen LogP contribution < -0.4 is 5.32 Å². The zero-order chi connectivity index (χ0) is 12.3. The largest absolute Gasteiger partial charge is 0.381 e. The molecule has 3 heteroatoms. The number of hydrogen-bond donors (Lipinski definition) is 1. The Hall–Kier alpha value is -1.54. The quantitative estimate of drug-likeness (QED) is 0.850. The number of nitrogens with one attached hydrogen (secondary N) is 1. The van der Waals surface area contributed by atoms with Crippen LogP contribution in [0.15, 0.2) is 42.5 Å². The fourth-order valence-electron chi connectivity index (χ4n) is 1.61. The van der Waals surface area contributed by atoms with Gasteiger partial charge in [-0.25, -0.2) is 4.39 Å². The van der Waals surface area contributed by atoms with Crippen LogP contribution >= 0.6 is 11.6 Å². The number of hydrogen-bond acceptors (Lipinski definition) is 1. The molecule has 0 fully saturated rings. The Labute approximate surface area is 105 Å². The monoisotopic (exact) mass is 249 g/mol. The van der Waals surface area contributed by atoms with E-state index in [1.807, 2.05) is 24.3 Å². The Morgan fingerprint density at radius 1 is 1.18 bits per heavy atom. The lowest BCUT2D eigenvalue weighted by Crippen LogP contribution is -1.99. The van der Waals surface area contributed by atoms with E-state index in [-0.39, 0.29) is 5.82 Å². The summed E-state index contributed by atoms with van der Waals surface area (Å²) in [6.45, 7) is 2.42. The summed E-state index contributed by atoms with van der Waals surface area (Å²) < 4.78 is 13.1. The highest BCUT2D eigenvalue weighted by atomic mass is 35.5. The van der Waals surface area contributed by atoms with Crippen molar-refractivity contribution in [3.8, 4) is 0 Å². The summed E-state index contributed by atoms with van der Waals surface area (Å²) >= 11 is 5.90. The molecule has 0 unspecified atom stereocenters. The van der Waals surface area contributed by atoms with E-state index in [0.29, 0.717) is 12.1 Å². The summed E-state index contributed by atoms with van der Waals surface area (Å²) in [6, 6.07) is 12.6. The SMILES string of the molecule is Cc1cc(NCc2cccc(Cl)c2)ccc1F. The van der Waals surface area contributed by atoms with Crippen LogP contribution in [0.1, 0.15) is 11.1 Å². The van der Waals surface area contributed by atoms with Gasteiger partial charge in [0.2, 0.25) is 0 Å². The van der Waals surface area contributed by atoms with Crippen molar-refractivity contribution in [3.63, 3.8) is 0 Å². The van der Waals surface area contributed by atoms with E-state index in [0.717, 1.165) is 16.3 Å². The average Bonchev–Trinajstić information content (AvgIpc) is 2.31. The van der Waals surface area contributed by atoms with Gasteiger partial charge < -0.3 is 5.32 Å². The summed E-state index contributed by atoms with van der Waals surface area (Å²) in [7, 11) is 0. The Morgan fingerprint density at radius 2 is 2.00 bits per heavy atom. The van der Waals surface area contributed by atoms with Crippen LogP contribution in [0.4, 0.5) is 10.1 Å². The Bertz CT molecular complexity index is 525. The van der Waals surface area contributed by atoms with Crippen LogP contribution in [-0.4, -0.2) is 0 Å².